The molecule has 2 aromatic heterocycles. The molecule has 0 aliphatic carbocycles. The third kappa shape index (κ3) is 6.29. The molecule has 1 unspecified atom stereocenters. The van der Waals surface area contributed by atoms with Crippen molar-refractivity contribution < 1.29 is 5.11 Å². The van der Waals surface area contributed by atoms with Crippen molar-refractivity contribution in [3.8, 4) is 5.69 Å². The van der Waals surface area contributed by atoms with E-state index in [-0.39, 0.29) is 24.0 Å². The van der Waals surface area contributed by atoms with Crippen LogP contribution in [0.2, 0.25) is 0 Å². The molecular weight excluding hydrogens is 481 g/mol. The van der Waals surface area contributed by atoms with Crippen LogP contribution in [-0.2, 0) is 19.2 Å². The fourth-order valence-corrected chi connectivity index (χ4v) is 2.73. The molecule has 0 radical (unpaired) electrons. The second-order valence-corrected chi connectivity index (χ2v) is 6.81. The van der Waals surface area contributed by atoms with E-state index in [2.05, 4.69) is 25.8 Å². The van der Waals surface area contributed by atoms with Gasteiger partial charge in [-0.2, -0.15) is 10.2 Å². The Labute approximate surface area is 188 Å². The van der Waals surface area contributed by atoms with Crippen molar-refractivity contribution in [1.82, 2.24) is 30.2 Å². The first-order valence-corrected chi connectivity index (χ1v) is 9.31. The van der Waals surface area contributed by atoms with Crippen molar-refractivity contribution in [1.29, 1.82) is 0 Å². The first-order valence-electron chi connectivity index (χ1n) is 9.31. The zero-order chi connectivity index (χ0) is 20.0. The third-order valence-corrected chi connectivity index (χ3v) is 4.34. The van der Waals surface area contributed by atoms with Crippen molar-refractivity contribution in [2.45, 2.75) is 26.0 Å². The van der Waals surface area contributed by atoms with Gasteiger partial charge in [0, 0.05) is 31.5 Å². The van der Waals surface area contributed by atoms with Crippen LogP contribution < -0.4 is 10.6 Å². The molecule has 29 heavy (non-hydrogen) atoms. The van der Waals surface area contributed by atoms with Crippen LogP contribution in [0.25, 0.3) is 5.69 Å². The highest BCUT2D eigenvalue weighted by Gasteiger charge is 2.25. The maximum Gasteiger partial charge on any atom is 0.191 e. The third-order valence-electron chi connectivity index (χ3n) is 4.34. The van der Waals surface area contributed by atoms with E-state index >= 15 is 0 Å². The van der Waals surface area contributed by atoms with Gasteiger partial charge in [-0.05, 0) is 32.0 Å². The number of rotatable bonds is 7. The molecule has 0 aliphatic rings. The summed E-state index contributed by atoms with van der Waals surface area (Å²) in [6, 6.07) is 11.9. The Bertz CT molecular complexity index is 918. The van der Waals surface area contributed by atoms with Crippen LogP contribution in [0, 0.1) is 0 Å². The molecule has 3 aromatic rings. The molecule has 156 valence electrons. The largest absolute Gasteiger partial charge is 0.383 e. The number of benzene rings is 1. The lowest BCUT2D eigenvalue weighted by Gasteiger charge is -2.23. The van der Waals surface area contributed by atoms with Crippen molar-refractivity contribution in [2.24, 2.45) is 12.0 Å². The Kier molecular flexibility index (Phi) is 8.21. The maximum absolute atomic E-state index is 10.7. The van der Waals surface area contributed by atoms with Gasteiger partial charge < -0.3 is 15.7 Å². The number of hydrogen-bond acceptors (Lipinski definition) is 4. The minimum atomic E-state index is -1.06. The quantitative estimate of drug-likeness (QED) is 0.258. The van der Waals surface area contributed by atoms with Gasteiger partial charge in [0.25, 0.3) is 0 Å². The molecule has 0 spiro atoms. The van der Waals surface area contributed by atoms with Crippen LogP contribution >= 0.6 is 24.0 Å². The zero-order valence-corrected chi connectivity index (χ0v) is 19.2. The summed E-state index contributed by atoms with van der Waals surface area (Å²) in [5, 5.41) is 25.8. The van der Waals surface area contributed by atoms with Crippen molar-refractivity contribution >= 4 is 29.9 Å². The number of nitrogens with one attached hydrogen (secondary N) is 2. The van der Waals surface area contributed by atoms with Crippen LogP contribution in [-0.4, -0.2) is 43.7 Å². The molecule has 0 fully saturated rings. The molecule has 8 nitrogen and oxygen atoms in total. The second-order valence-electron chi connectivity index (χ2n) is 6.81. The van der Waals surface area contributed by atoms with Gasteiger partial charge in [0.1, 0.15) is 5.60 Å². The number of nitrogens with zero attached hydrogens (tertiary/aromatic N) is 5. The Balaban J connectivity index is 0.00000300. The van der Waals surface area contributed by atoms with Gasteiger partial charge in [-0.3, -0.25) is 4.68 Å². The summed E-state index contributed by atoms with van der Waals surface area (Å²) in [6.45, 7) is 5.22. The molecule has 2 heterocycles. The van der Waals surface area contributed by atoms with Crippen molar-refractivity contribution in [2.75, 3.05) is 13.1 Å². The Morgan fingerprint density at radius 2 is 1.97 bits per heavy atom. The number of halogens is 1. The summed E-state index contributed by atoms with van der Waals surface area (Å²) in [4.78, 5) is 4.58. The molecule has 9 heteroatoms. The van der Waals surface area contributed by atoms with E-state index in [4.69, 9.17) is 0 Å². The number of guanidine groups is 1. The highest BCUT2D eigenvalue weighted by Crippen LogP contribution is 2.18. The van der Waals surface area contributed by atoms with Crippen LogP contribution in [0.4, 0.5) is 0 Å². The Morgan fingerprint density at radius 1 is 1.21 bits per heavy atom. The lowest BCUT2D eigenvalue weighted by Crippen LogP contribution is -2.44. The van der Waals surface area contributed by atoms with E-state index < -0.39 is 5.60 Å². The second kappa shape index (κ2) is 10.4. The zero-order valence-electron chi connectivity index (χ0n) is 16.9. The topological polar surface area (TPSA) is 92.3 Å². The number of aryl methyl sites for hydroxylation is 1. The summed E-state index contributed by atoms with van der Waals surface area (Å²) in [7, 11) is 1.83. The molecule has 3 N–H and O–H groups in total. The van der Waals surface area contributed by atoms with Crippen LogP contribution in [0.1, 0.15) is 25.1 Å². The summed E-state index contributed by atoms with van der Waals surface area (Å²) < 4.78 is 3.50. The summed E-state index contributed by atoms with van der Waals surface area (Å²) in [5.41, 5.74) is 1.56. The van der Waals surface area contributed by atoms with Gasteiger partial charge in [0.05, 0.1) is 30.7 Å². The average molecular weight is 509 g/mol. The highest BCUT2D eigenvalue weighted by molar-refractivity contribution is 14.0. The molecular formula is C20H28IN7O. The minimum Gasteiger partial charge on any atom is -0.383 e. The molecule has 1 atom stereocenters. The summed E-state index contributed by atoms with van der Waals surface area (Å²) in [6.07, 6.45) is 5.40. The predicted molar refractivity (Wildman–Crippen MR) is 125 cm³/mol. The van der Waals surface area contributed by atoms with Gasteiger partial charge in [-0.1, -0.05) is 18.2 Å². The van der Waals surface area contributed by atoms with E-state index in [1.807, 2.05) is 67.4 Å². The molecule has 0 amide bonds. The molecule has 0 saturated heterocycles. The van der Waals surface area contributed by atoms with Gasteiger partial charge in [0.2, 0.25) is 0 Å². The summed E-state index contributed by atoms with van der Waals surface area (Å²) >= 11 is 0. The number of para-hydroxylation sites is 1. The SMILES string of the molecule is CCNC(=NCc1ccn(-c2ccccc2)n1)NCC(C)(O)c1cnn(C)c1.I. The maximum atomic E-state index is 10.7. The lowest BCUT2D eigenvalue weighted by atomic mass is 10.00. The van der Waals surface area contributed by atoms with Crippen molar-refractivity contribution in [3.63, 3.8) is 0 Å². The van der Waals surface area contributed by atoms with Crippen molar-refractivity contribution in [3.05, 3.63) is 66.2 Å². The van der Waals surface area contributed by atoms with Crippen LogP contribution in [0.3, 0.4) is 0 Å². The molecule has 0 bridgehead atoms. The van der Waals surface area contributed by atoms with E-state index in [0.29, 0.717) is 19.0 Å². The average Bonchev–Trinajstić information content (AvgIpc) is 3.34. The Morgan fingerprint density at radius 3 is 2.62 bits per heavy atom. The number of aromatic nitrogens is 4. The standard InChI is InChI=1S/C20H27N7O.HI/c1-4-21-19(23-15-20(2,28)16-12-24-26(3)14-16)22-13-17-10-11-27(25-17)18-8-6-5-7-9-18;/h5-12,14,28H,4,13,15H2,1-3H3,(H2,21,22,23);1H. The highest BCUT2D eigenvalue weighted by atomic mass is 127. The minimum absolute atomic E-state index is 0. The van der Waals surface area contributed by atoms with Gasteiger partial charge >= 0.3 is 0 Å². The molecule has 1 aromatic carbocycles. The number of aliphatic hydroxyl groups is 1. The van der Waals surface area contributed by atoms with Crippen LogP contribution in [0.15, 0.2) is 60.0 Å². The normalized spacial score (nSPS) is 13.4. The molecule has 0 aliphatic heterocycles. The van der Waals surface area contributed by atoms with Gasteiger partial charge in [0.15, 0.2) is 5.96 Å². The fraction of sp³-hybridized carbons (Fsp3) is 0.350. The Hall–Kier alpha value is -2.40. The van der Waals surface area contributed by atoms with Gasteiger partial charge in [-0.25, -0.2) is 9.67 Å². The van der Waals surface area contributed by atoms with E-state index in [1.165, 1.54) is 0 Å². The first-order chi connectivity index (χ1) is 13.5. The van der Waals surface area contributed by atoms with Crippen LogP contribution in [0.5, 0.6) is 0 Å². The van der Waals surface area contributed by atoms with Gasteiger partial charge in [-0.15, -0.1) is 24.0 Å². The fourth-order valence-electron chi connectivity index (χ4n) is 2.73. The lowest BCUT2D eigenvalue weighted by molar-refractivity contribution is 0.0616. The summed E-state index contributed by atoms with van der Waals surface area (Å²) in [5.74, 6) is 0.626. The molecule has 3 rings (SSSR count). The molecule has 0 saturated carbocycles. The number of hydrogen-bond donors (Lipinski definition) is 3. The monoisotopic (exact) mass is 509 g/mol. The number of aliphatic imine (C=N–C) groups is 1. The van der Waals surface area contributed by atoms with E-state index in [0.717, 1.165) is 23.5 Å². The van der Waals surface area contributed by atoms with E-state index in [1.54, 1.807) is 17.8 Å². The smallest absolute Gasteiger partial charge is 0.191 e. The predicted octanol–water partition coefficient (Wildman–Crippen LogP) is 2.19. The van der Waals surface area contributed by atoms with E-state index in [9.17, 15) is 5.11 Å². The first kappa shape index (κ1) is 22.9.